The van der Waals surface area contributed by atoms with Gasteiger partial charge in [-0.15, -0.1) is 0 Å². The fourth-order valence-corrected chi connectivity index (χ4v) is 3.26. The van der Waals surface area contributed by atoms with Crippen molar-refractivity contribution in [3.8, 4) is 22.8 Å². The SMILES string of the molecule is CCn1nc(-c2cnn(C(=O)OC(C)(C)C)c2)c2cc(Oc3ccc(N)cc3F)ccc21. The number of nitrogen functional groups attached to an aromatic ring is 1. The Kier molecular flexibility index (Phi) is 5.33. The molecule has 0 bridgehead atoms. The summed E-state index contributed by atoms with van der Waals surface area (Å²) in [6.07, 6.45) is 2.55. The zero-order valence-electron chi connectivity index (χ0n) is 18.3. The van der Waals surface area contributed by atoms with Crippen molar-refractivity contribution in [3.63, 3.8) is 0 Å². The van der Waals surface area contributed by atoms with Crippen molar-refractivity contribution in [1.29, 1.82) is 0 Å². The summed E-state index contributed by atoms with van der Waals surface area (Å²) in [6.45, 7) is 7.99. The van der Waals surface area contributed by atoms with Crippen molar-refractivity contribution in [3.05, 3.63) is 54.6 Å². The molecule has 166 valence electrons. The standard InChI is InChI=1S/C23H24FN5O3/c1-5-28-19-8-7-16(31-20-9-6-15(25)10-18(20)24)11-17(19)21(27-28)14-12-26-29(13-14)22(30)32-23(2,3)4/h6-13H,5,25H2,1-4H3. The van der Waals surface area contributed by atoms with Crippen LogP contribution in [0.3, 0.4) is 0 Å². The molecule has 0 amide bonds. The summed E-state index contributed by atoms with van der Waals surface area (Å²) in [5, 5.41) is 9.58. The summed E-state index contributed by atoms with van der Waals surface area (Å²) >= 11 is 0. The van der Waals surface area contributed by atoms with Gasteiger partial charge in [-0.25, -0.2) is 9.18 Å². The van der Waals surface area contributed by atoms with Crippen LogP contribution >= 0.6 is 0 Å². The molecule has 0 radical (unpaired) electrons. The Hall–Kier alpha value is -3.88. The van der Waals surface area contributed by atoms with E-state index < -0.39 is 17.5 Å². The zero-order chi connectivity index (χ0) is 23.0. The van der Waals surface area contributed by atoms with Crippen molar-refractivity contribution in [2.75, 3.05) is 5.73 Å². The molecule has 0 fully saturated rings. The normalized spacial score (nSPS) is 11.7. The molecule has 0 unspecified atom stereocenters. The average Bonchev–Trinajstić information content (AvgIpc) is 3.33. The van der Waals surface area contributed by atoms with E-state index in [0.29, 0.717) is 29.2 Å². The van der Waals surface area contributed by atoms with Crippen LogP contribution in [-0.2, 0) is 11.3 Å². The fraction of sp³-hybridized carbons (Fsp3) is 0.261. The second kappa shape index (κ2) is 7.99. The van der Waals surface area contributed by atoms with Crippen molar-refractivity contribution in [1.82, 2.24) is 19.6 Å². The van der Waals surface area contributed by atoms with Gasteiger partial charge < -0.3 is 15.2 Å². The lowest BCUT2D eigenvalue weighted by atomic mass is 10.1. The largest absolute Gasteiger partial charge is 0.454 e. The van der Waals surface area contributed by atoms with Gasteiger partial charge >= 0.3 is 6.09 Å². The van der Waals surface area contributed by atoms with Crippen LogP contribution in [-0.4, -0.2) is 31.3 Å². The Morgan fingerprint density at radius 1 is 1.19 bits per heavy atom. The second-order valence-corrected chi connectivity index (χ2v) is 8.29. The number of benzene rings is 2. The molecular formula is C23H24FN5O3. The minimum atomic E-state index is -0.636. The maximum Gasteiger partial charge on any atom is 0.435 e. The van der Waals surface area contributed by atoms with E-state index in [-0.39, 0.29) is 5.75 Å². The van der Waals surface area contributed by atoms with E-state index in [2.05, 4.69) is 10.2 Å². The summed E-state index contributed by atoms with van der Waals surface area (Å²) in [5.41, 5.74) is 7.43. The van der Waals surface area contributed by atoms with Crippen LogP contribution < -0.4 is 10.5 Å². The van der Waals surface area contributed by atoms with Gasteiger partial charge in [0.1, 0.15) is 17.0 Å². The van der Waals surface area contributed by atoms with Crippen molar-refractivity contribution < 1.29 is 18.7 Å². The molecule has 4 aromatic rings. The van der Waals surface area contributed by atoms with Gasteiger partial charge in [-0.3, -0.25) is 4.68 Å². The lowest BCUT2D eigenvalue weighted by molar-refractivity contribution is 0.0514. The molecule has 0 spiro atoms. The maximum absolute atomic E-state index is 14.2. The average molecular weight is 437 g/mol. The first kappa shape index (κ1) is 21.4. The Bertz CT molecular complexity index is 1300. The predicted octanol–water partition coefficient (Wildman–Crippen LogP) is 5.22. The first-order valence-corrected chi connectivity index (χ1v) is 10.2. The van der Waals surface area contributed by atoms with Gasteiger partial charge in [-0.05, 0) is 58.0 Å². The second-order valence-electron chi connectivity index (χ2n) is 8.29. The Morgan fingerprint density at radius 2 is 1.97 bits per heavy atom. The number of anilines is 1. The monoisotopic (exact) mass is 437 g/mol. The number of nitrogens with two attached hydrogens (primary N) is 1. The molecule has 2 N–H and O–H groups in total. The molecule has 0 saturated carbocycles. The van der Waals surface area contributed by atoms with Crippen LogP contribution in [0.2, 0.25) is 0 Å². The first-order chi connectivity index (χ1) is 15.1. The first-order valence-electron chi connectivity index (χ1n) is 10.2. The van der Waals surface area contributed by atoms with E-state index >= 15 is 0 Å². The molecule has 2 aromatic heterocycles. The fourth-order valence-electron chi connectivity index (χ4n) is 3.26. The number of aromatic nitrogens is 4. The van der Waals surface area contributed by atoms with E-state index in [4.69, 9.17) is 15.2 Å². The zero-order valence-corrected chi connectivity index (χ0v) is 18.3. The van der Waals surface area contributed by atoms with Crippen molar-refractivity contribution in [2.45, 2.75) is 39.8 Å². The molecule has 0 aliphatic heterocycles. The highest BCUT2D eigenvalue weighted by Crippen LogP contribution is 2.33. The molecule has 2 aromatic carbocycles. The molecular weight excluding hydrogens is 413 g/mol. The molecule has 0 atom stereocenters. The number of carbonyl (C=O) groups is 1. The number of rotatable bonds is 4. The van der Waals surface area contributed by atoms with Crippen LogP contribution in [0.5, 0.6) is 11.5 Å². The molecule has 2 heterocycles. The number of aryl methyl sites for hydroxylation is 1. The van der Waals surface area contributed by atoms with Gasteiger partial charge in [-0.2, -0.15) is 14.9 Å². The van der Waals surface area contributed by atoms with Gasteiger partial charge in [-0.1, -0.05) is 0 Å². The van der Waals surface area contributed by atoms with Crippen LogP contribution in [0.15, 0.2) is 48.8 Å². The number of hydrogen-bond acceptors (Lipinski definition) is 6. The van der Waals surface area contributed by atoms with E-state index in [1.54, 1.807) is 51.4 Å². The van der Waals surface area contributed by atoms with Gasteiger partial charge in [0.25, 0.3) is 0 Å². The quantitative estimate of drug-likeness (QED) is 0.440. The van der Waals surface area contributed by atoms with E-state index in [9.17, 15) is 9.18 Å². The minimum Gasteiger partial charge on any atom is -0.454 e. The number of ether oxygens (including phenoxy) is 2. The third kappa shape index (κ3) is 4.27. The highest BCUT2D eigenvalue weighted by Gasteiger charge is 2.20. The van der Waals surface area contributed by atoms with Crippen LogP contribution in [0.1, 0.15) is 27.7 Å². The Balaban J connectivity index is 1.72. The highest BCUT2D eigenvalue weighted by molar-refractivity contribution is 5.94. The topological polar surface area (TPSA) is 97.2 Å². The number of fused-ring (bicyclic) bond motifs is 1. The smallest absolute Gasteiger partial charge is 0.435 e. The Morgan fingerprint density at radius 3 is 2.66 bits per heavy atom. The third-order valence-corrected chi connectivity index (χ3v) is 4.64. The summed E-state index contributed by atoms with van der Waals surface area (Å²) in [5.74, 6) is -0.0356. The van der Waals surface area contributed by atoms with Crippen molar-refractivity contribution >= 4 is 22.7 Å². The van der Waals surface area contributed by atoms with Crippen LogP contribution in [0.4, 0.5) is 14.9 Å². The maximum atomic E-state index is 14.2. The van der Waals surface area contributed by atoms with E-state index in [0.717, 1.165) is 15.6 Å². The molecule has 9 heteroatoms. The molecule has 8 nitrogen and oxygen atoms in total. The number of carbonyl (C=O) groups excluding carboxylic acids is 1. The lowest BCUT2D eigenvalue weighted by Crippen LogP contribution is -2.27. The van der Waals surface area contributed by atoms with Gasteiger partial charge in [0, 0.05) is 35.4 Å². The molecule has 0 aliphatic rings. The molecule has 0 aliphatic carbocycles. The van der Waals surface area contributed by atoms with E-state index in [1.165, 1.54) is 12.1 Å². The summed E-state index contributed by atoms with van der Waals surface area (Å²) in [6, 6.07) is 9.65. The van der Waals surface area contributed by atoms with Crippen LogP contribution in [0.25, 0.3) is 22.2 Å². The van der Waals surface area contributed by atoms with E-state index in [1.807, 2.05) is 17.7 Å². The molecule has 0 saturated heterocycles. The highest BCUT2D eigenvalue weighted by atomic mass is 19.1. The summed E-state index contributed by atoms with van der Waals surface area (Å²) in [7, 11) is 0. The van der Waals surface area contributed by atoms with Crippen molar-refractivity contribution in [2.24, 2.45) is 0 Å². The van der Waals surface area contributed by atoms with Crippen LogP contribution in [0, 0.1) is 5.82 Å². The Labute approximate surface area is 184 Å². The minimum absolute atomic E-state index is 0.0701. The lowest BCUT2D eigenvalue weighted by Gasteiger charge is -2.18. The van der Waals surface area contributed by atoms with Gasteiger partial charge in [0.15, 0.2) is 11.6 Å². The predicted molar refractivity (Wildman–Crippen MR) is 119 cm³/mol. The molecule has 4 rings (SSSR count). The summed E-state index contributed by atoms with van der Waals surface area (Å²) < 4.78 is 28.3. The number of halogens is 1. The van der Waals surface area contributed by atoms with Gasteiger partial charge in [0.05, 0.1) is 11.7 Å². The van der Waals surface area contributed by atoms with Gasteiger partial charge in [0.2, 0.25) is 0 Å². The number of hydrogen-bond donors (Lipinski definition) is 1. The summed E-state index contributed by atoms with van der Waals surface area (Å²) in [4.78, 5) is 12.3. The number of nitrogens with zero attached hydrogens (tertiary/aromatic N) is 4. The third-order valence-electron chi connectivity index (χ3n) is 4.64. The molecule has 32 heavy (non-hydrogen) atoms.